The van der Waals surface area contributed by atoms with Crippen LogP contribution < -0.4 is 15.4 Å². The van der Waals surface area contributed by atoms with E-state index < -0.39 is 12.2 Å². The molecule has 7 nitrogen and oxygen atoms in total. The number of amides is 4. The summed E-state index contributed by atoms with van der Waals surface area (Å²) in [6, 6.07) is 6.54. The Balaban J connectivity index is 1.39. The highest BCUT2D eigenvalue weighted by Gasteiger charge is 2.57. The molecular formula is C21H25N3O4. The number of fused-ring (bicyclic) bond motifs is 1. The Kier molecular flexibility index (Phi) is 4.83. The SMILES string of the molecule is CCOc1ccc(NC(=O)N[C@H](C)N2C(=O)[C@@H]3[C@H](C2=O)[C@H]2C=C[C@H]3CC2)cc1. The molecule has 1 aromatic rings. The summed E-state index contributed by atoms with van der Waals surface area (Å²) in [5.74, 6) is 0.138. The van der Waals surface area contributed by atoms with E-state index in [0.717, 1.165) is 18.6 Å². The fourth-order valence-electron chi connectivity index (χ4n) is 4.70. The van der Waals surface area contributed by atoms with Crippen LogP contribution in [0.3, 0.4) is 0 Å². The Labute approximate surface area is 164 Å². The van der Waals surface area contributed by atoms with Gasteiger partial charge in [0.05, 0.1) is 18.4 Å². The molecule has 4 aliphatic rings. The summed E-state index contributed by atoms with van der Waals surface area (Å²) < 4.78 is 5.38. The number of hydrogen-bond acceptors (Lipinski definition) is 4. The highest BCUT2D eigenvalue weighted by atomic mass is 16.5. The van der Waals surface area contributed by atoms with Crippen molar-refractivity contribution in [2.75, 3.05) is 11.9 Å². The number of rotatable bonds is 5. The molecule has 3 aliphatic carbocycles. The molecule has 5 rings (SSSR count). The first-order chi connectivity index (χ1) is 13.5. The van der Waals surface area contributed by atoms with Gasteiger partial charge in [-0.3, -0.25) is 14.5 Å². The van der Waals surface area contributed by atoms with Gasteiger partial charge in [-0.25, -0.2) is 4.79 Å². The van der Waals surface area contributed by atoms with E-state index in [1.165, 1.54) is 4.90 Å². The number of allylic oxidation sites excluding steroid dienone is 2. The molecule has 7 heteroatoms. The number of benzene rings is 1. The van der Waals surface area contributed by atoms with Crippen LogP contribution in [0.15, 0.2) is 36.4 Å². The maximum Gasteiger partial charge on any atom is 0.320 e. The standard InChI is InChI=1S/C21H25N3O4/c1-3-28-16-10-8-15(9-11-16)23-21(27)22-12(2)24-19(25)17-13-4-5-14(7-6-13)18(17)20(24)26/h4-5,8-14,17-18H,3,6-7H2,1-2H3,(H2,22,23,27)/t12-,13-,14-,17-,18+/m0/s1. The van der Waals surface area contributed by atoms with Gasteiger partial charge in [0, 0.05) is 5.69 Å². The lowest BCUT2D eigenvalue weighted by Crippen LogP contribution is -2.50. The molecule has 2 N–H and O–H groups in total. The highest BCUT2D eigenvalue weighted by Crippen LogP contribution is 2.49. The average Bonchev–Trinajstić information content (AvgIpc) is 2.97. The molecule has 28 heavy (non-hydrogen) atoms. The number of hydrogen-bond donors (Lipinski definition) is 2. The van der Waals surface area contributed by atoms with E-state index in [9.17, 15) is 14.4 Å². The molecule has 1 aliphatic heterocycles. The molecule has 1 saturated heterocycles. The normalized spacial score (nSPS) is 28.9. The van der Waals surface area contributed by atoms with Gasteiger partial charge in [0.15, 0.2) is 0 Å². The summed E-state index contributed by atoms with van der Waals surface area (Å²) in [5.41, 5.74) is 0.600. The number of carbonyl (C=O) groups excluding carboxylic acids is 3. The Morgan fingerprint density at radius 1 is 1.11 bits per heavy atom. The maximum absolute atomic E-state index is 12.9. The summed E-state index contributed by atoms with van der Waals surface area (Å²) in [4.78, 5) is 39.4. The number of urea groups is 1. The van der Waals surface area contributed by atoms with Gasteiger partial charge in [0.25, 0.3) is 0 Å². The third-order valence-corrected chi connectivity index (χ3v) is 5.94. The molecule has 148 valence electrons. The summed E-state index contributed by atoms with van der Waals surface area (Å²) >= 11 is 0. The smallest absolute Gasteiger partial charge is 0.320 e. The fourth-order valence-corrected chi connectivity index (χ4v) is 4.70. The maximum atomic E-state index is 12.9. The fraction of sp³-hybridized carbons (Fsp3) is 0.476. The molecule has 0 aromatic heterocycles. The van der Waals surface area contributed by atoms with Crippen molar-refractivity contribution in [2.45, 2.75) is 32.9 Å². The monoisotopic (exact) mass is 383 g/mol. The summed E-state index contributed by atoms with van der Waals surface area (Å²) in [6.45, 7) is 4.14. The number of imide groups is 1. The van der Waals surface area contributed by atoms with Gasteiger partial charge >= 0.3 is 6.03 Å². The Hall–Kier alpha value is -2.83. The van der Waals surface area contributed by atoms with Crippen LogP contribution in [0, 0.1) is 23.7 Å². The minimum absolute atomic E-state index is 0.140. The molecular weight excluding hydrogens is 358 g/mol. The molecule has 1 aromatic carbocycles. The van der Waals surface area contributed by atoms with Crippen molar-refractivity contribution in [1.29, 1.82) is 0 Å². The molecule has 0 radical (unpaired) electrons. The number of ether oxygens (including phenoxy) is 1. The largest absolute Gasteiger partial charge is 0.494 e. The average molecular weight is 383 g/mol. The number of likely N-dealkylation sites (tertiary alicyclic amines) is 1. The Morgan fingerprint density at radius 3 is 2.18 bits per heavy atom. The van der Waals surface area contributed by atoms with Gasteiger partial charge < -0.3 is 15.4 Å². The topological polar surface area (TPSA) is 87.7 Å². The van der Waals surface area contributed by atoms with E-state index in [0.29, 0.717) is 12.3 Å². The Morgan fingerprint density at radius 2 is 1.68 bits per heavy atom. The minimum Gasteiger partial charge on any atom is -0.494 e. The second kappa shape index (κ2) is 7.30. The predicted octanol–water partition coefficient (Wildman–Crippen LogP) is 2.75. The zero-order valence-electron chi connectivity index (χ0n) is 16.1. The molecule has 5 atom stereocenters. The second-order valence-electron chi connectivity index (χ2n) is 7.62. The van der Waals surface area contributed by atoms with E-state index in [1.807, 2.05) is 6.92 Å². The van der Waals surface area contributed by atoms with Crippen LogP contribution in [-0.4, -0.2) is 35.5 Å². The number of nitrogens with one attached hydrogen (secondary N) is 2. The van der Waals surface area contributed by atoms with Gasteiger partial charge in [0.2, 0.25) is 11.8 Å². The number of carbonyl (C=O) groups is 3. The highest BCUT2D eigenvalue weighted by molar-refractivity contribution is 6.06. The van der Waals surface area contributed by atoms with E-state index in [-0.39, 0.29) is 35.5 Å². The van der Waals surface area contributed by atoms with E-state index in [2.05, 4.69) is 22.8 Å². The van der Waals surface area contributed by atoms with Crippen molar-refractivity contribution in [3.05, 3.63) is 36.4 Å². The number of nitrogens with zero attached hydrogens (tertiary/aromatic N) is 1. The van der Waals surface area contributed by atoms with Crippen molar-refractivity contribution < 1.29 is 19.1 Å². The first kappa shape index (κ1) is 18.5. The van der Waals surface area contributed by atoms with Crippen LogP contribution >= 0.6 is 0 Å². The van der Waals surface area contributed by atoms with Crippen molar-refractivity contribution in [1.82, 2.24) is 10.2 Å². The van der Waals surface area contributed by atoms with Crippen LogP contribution in [0.1, 0.15) is 26.7 Å². The first-order valence-corrected chi connectivity index (χ1v) is 9.85. The molecule has 0 unspecified atom stereocenters. The van der Waals surface area contributed by atoms with Crippen molar-refractivity contribution in [3.8, 4) is 5.75 Å². The van der Waals surface area contributed by atoms with Crippen LogP contribution in [0.2, 0.25) is 0 Å². The Bertz CT molecular complexity index is 787. The second-order valence-corrected chi connectivity index (χ2v) is 7.62. The number of anilines is 1. The van der Waals surface area contributed by atoms with E-state index in [4.69, 9.17) is 4.74 Å². The van der Waals surface area contributed by atoms with Gasteiger partial charge in [-0.15, -0.1) is 0 Å². The lowest BCUT2D eigenvalue weighted by atomic mass is 9.63. The van der Waals surface area contributed by atoms with Crippen LogP contribution in [-0.2, 0) is 9.59 Å². The molecule has 1 saturated carbocycles. The third-order valence-electron chi connectivity index (χ3n) is 5.94. The lowest BCUT2D eigenvalue weighted by molar-refractivity contribution is -0.142. The zero-order valence-corrected chi connectivity index (χ0v) is 16.1. The molecule has 4 amide bonds. The van der Waals surface area contributed by atoms with Gasteiger partial charge in [-0.2, -0.15) is 0 Å². The molecule has 2 fully saturated rings. The van der Waals surface area contributed by atoms with Gasteiger partial charge in [0.1, 0.15) is 11.9 Å². The van der Waals surface area contributed by atoms with Crippen LogP contribution in [0.5, 0.6) is 5.75 Å². The van der Waals surface area contributed by atoms with Crippen molar-refractivity contribution in [3.63, 3.8) is 0 Å². The molecule has 1 heterocycles. The minimum atomic E-state index is -0.701. The predicted molar refractivity (Wildman–Crippen MR) is 103 cm³/mol. The summed E-state index contributed by atoms with van der Waals surface area (Å²) in [5, 5.41) is 5.43. The van der Waals surface area contributed by atoms with Crippen LogP contribution in [0.4, 0.5) is 10.5 Å². The first-order valence-electron chi connectivity index (χ1n) is 9.85. The lowest BCUT2D eigenvalue weighted by Gasteiger charge is -2.38. The van der Waals surface area contributed by atoms with E-state index >= 15 is 0 Å². The van der Waals surface area contributed by atoms with Gasteiger partial charge in [-0.1, -0.05) is 12.2 Å². The quantitative estimate of drug-likeness (QED) is 0.605. The van der Waals surface area contributed by atoms with Crippen molar-refractivity contribution in [2.24, 2.45) is 23.7 Å². The summed E-state index contributed by atoms with van der Waals surface area (Å²) in [7, 11) is 0. The zero-order chi connectivity index (χ0) is 19.8. The van der Waals surface area contributed by atoms with E-state index in [1.54, 1.807) is 31.2 Å². The molecule has 2 bridgehead atoms. The van der Waals surface area contributed by atoms with Crippen molar-refractivity contribution >= 4 is 23.5 Å². The van der Waals surface area contributed by atoms with Crippen LogP contribution in [0.25, 0.3) is 0 Å². The molecule has 0 spiro atoms. The van der Waals surface area contributed by atoms with Gasteiger partial charge in [-0.05, 0) is 62.8 Å². The third kappa shape index (κ3) is 3.15. The summed E-state index contributed by atoms with van der Waals surface area (Å²) in [6.07, 6.45) is 5.37.